The molecule has 1 fully saturated rings. The van der Waals surface area contributed by atoms with E-state index in [-0.39, 0.29) is 5.91 Å². The number of carbonyl (C=O) groups excluding carboxylic acids is 1. The number of benzene rings is 1. The van der Waals surface area contributed by atoms with E-state index in [0.29, 0.717) is 5.92 Å². The Morgan fingerprint density at radius 3 is 2.79 bits per heavy atom. The third-order valence-electron chi connectivity index (χ3n) is 7.49. The van der Waals surface area contributed by atoms with Crippen molar-refractivity contribution < 1.29 is 4.79 Å². The van der Waals surface area contributed by atoms with E-state index in [1.165, 1.54) is 33.3 Å². The molecule has 0 N–H and O–H groups in total. The van der Waals surface area contributed by atoms with Gasteiger partial charge in [0, 0.05) is 80.2 Å². The van der Waals surface area contributed by atoms with E-state index < -0.39 is 0 Å². The third kappa shape index (κ3) is 4.22. The van der Waals surface area contributed by atoms with Gasteiger partial charge in [0.1, 0.15) is 0 Å². The smallest absolute Gasteiger partial charge is 0.253 e. The fourth-order valence-electron chi connectivity index (χ4n) is 5.43. The van der Waals surface area contributed by atoms with E-state index in [0.717, 1.165) is 64.1 Å². The molecule has 2 aliphatic rings. The Hall–Kier alpha value is -2.92. The second-order valence-electron chi connectivity index (χ2n) is 9.79. The molecular weight excluding hydrogens is 408 g/mol. The Labute approximate surface area is 196 Å². The van der Waals surface area contributed by atoms with Gasteiger partial charge in [-0.15, -0.1) is 6.58 Å². The Balaban J connectivity index is 1.48. The highest BCUT2D eigenvalue weighted by Crippen LogP contribution is 2.33. The summed E-state index contributed by atoms with van der Waals surface area (Å²) in [5.74, 6) is 0.889. The number of fused-ring (bicyclic) bond motifs is 3. The summed E-state index contributed by atoms with van der Waals surface area (Å²) in [6.07, 6.45) is 9.01. The van der Waals surface area contributed by atoms with Crippen molar-refractivity contribution in [3.63, 3.8) is 0 Å². The zero-order valence-corrected chi connectivity index (χ0v) is 19.9. The van der Waals surface area contributed by atoms with Gasteiger partial charge in [0.25, 0.3) is 5.91 Å². The minimum Gasteiger partial charge on any atom is -0.340 e. The number of nitrogens with zero attached hydrogens (tertiary/aromatic N) is 4. The number of hydrogen-bond acceptors (Lipinski definition) is 3. The molecule has 4 heterocycles. The van der Waals surface area contributed by atoms with Crippen LogP contribution in [0.1, 0.15) is 52.5 Å². The molecule has 5 nitrogen and oxygen atoms in total. The Kier molecular flexibility index (Phi) is 6.07. The number of likely N-dealkylation sites (tertiary alicyclic amines) is 1. The molecule has 1 saturated heterocycles. The second kappa shape index (κ2) is 9.14. The quantitative estimate of drug-likeness (QED) is 0.525. The summed E-state index contributed by atoms with van der Waals surface area (Å²) >= 11 is 0. The molecule has 1 amide bonds. The lowest BCUT2D eigenvalue weighted by Gasteiger charge is -2.30. The van der Waals surface area contributed by atoms with Gasteiger partial charge < -0.3 is 9.47 Å². The number of allylic oxidation sites excluding steroid dienone is 1. The van der Waals surface area contributed by atoms with Crippen LogP contribution in [0.5, 0.6) is 0 Å². The van der Waals surface area contributed by atoms with Crippen LogP contribution in [0.15, 0.2) is 49.3 Å². The standard InChI is InChI=1S/C28H34N4O/c1-4-12-32-26-6-5-22(28(33)31-14-8-20(2)9-15-31)16-24(26)25-19-30(13-10-27(25)32)18-23-7-11-29-17-21(23)3/h4-7,11,16-17,20H,1,8-10,12-15,18-19H2,2-3H3. The fraction of sp³-hybridized carbons (Fsp3) is 0.429. The maximum atomic E-state index is 13.3. The van der Waals surface area contributed by atoms with Crippen molar-refractivity contribution in [1.82, 2.24) is 19.4 Å². The molecule has 172 valence electrons. The summed E-state index contributed by atoms with van der Waals surface area (Å²) in [5.41, 5.74) is 7.36. The summed E-state index contributed by atoms with van der Waals surface area (Å²) in [6.45, 7) is 13.8. The number of rotatable bonds is 5. The zero-order chi connectivity index (χ0) is 22.9. The largest absolute Gasteiger partial charge is 0.340 e. The minimum atomic E-state index is 0.175. The van der Waals surface area contributed by atoms with Crippen molar-refractivity contribution >= 4 is 16.8 Å². The SMILES string of the molecule is C=CCn1c2c(c3cc(C(=O)N4CCC(C)CC4)ccc31)CN(Cc1ccncc1C)CC2. The van der Waals surface area contributed by atoms with E-state index in [2.05, 4.69) is 53.1 Å². The van der Waals surface area contributed by atoms with Crippen molar-refractivity contribution in [2.24, 2.45) is 5.92 Å². The molecule has 0 saturated carbocycles. The van der Waals surface area contributed by atoms with Gasteiger partial charge in [0.2, 0.25) is 0 Å². The van der Waals surface area contributed by atoms with Gasteiger partial charge in [0.05, 0.1) is 0 Å². The molecule has 0 aliphatic carbocycles. The Morgan fingerprint density at radius 2 is 2.03 bits per heavy atom. The number of aromatic nitrogens is 2. The highest BCUT2D eigenvalue weighted by Gasteiger charge is 2.26. The topological polar surface area (TPSA) is 41.4 Å². The molecule has 5 heteroatoms. The molecule has 1 aromatic carbocycles. The first-order valence-corrected chi connectivity index (χ1v) is 12.2. The van der Waals surface area contributed by atoms with Crippen LogP contribution in [-0.4, -0.2) is 44.9 Å². The third-order valence-corrected chi connectivity index (χ3v) is 7.49. The first kappa shape index (κ1) is 21.9. The van der Waals surface area contributed by atoms with E-state index in [1.807, 2.05) is 29.4 Å². The summed E-state index contributed by atoms with van der Waals surface area (Å²) in [7, 11) is 0. The highest BCUT2D eigenvalue weighted by molar-refractivity contribution is 5.99. The average molecular weight is 443 g/mol. The summed E-state index contributed by atoms with van der Waals surface area (Å²) in [5, 5.41) is 1.22. The number of amides is 1. The maximum absolute atomic E-state index is 13.3. The van der Waals surface area contributed by atoms with E-state index in [4.69, 9.17) is 0 Å². The Bertz CT molecular complexity index is 1190. The van der Waals surface area contributed by atoms with Gasteiger partial charge in [-0.1, -0.05) is 13.0 Å². The van der Waals surface area contributed by atoms with Crippen molar-refractivity contribution in [2.75, 3.05) is 19.6 Å². The molecule has 5 rings (SSSR count). The lowest BCUT2D eigenvalue weighted by atomic mass is 9.98. The summed E-state index contributed by atoms with van der Waals surface area (Å²) in [6, 6.07) is 8.44. The molecule has 0 unspecified atom stereocenters. The summed E-state index contributed by atoms with van der Waals surface area (Å²) < 4.78 is 2.39. The van der Waals surface area contributed by atoms with Gasteiger partial charge >= 0.3 is 0 Å². The van der Waals surface area contributed by atoms with Crippen LogP contribution in [0.25, 0.3) is 10.9 Å². The lowest BCUT2D eigenvalue weighted by molar-refractivity contribution is 0.0697. The van der Waals surface area contributed by atoms with Gasteiger partial charge in [-0.25, -0.2) is 0 Å². The number of carbonyl (C=O) groups is 1. The van der Waals surface area contributed by atoms with E-state index in [1.54, 1.807) is 0 Å². The van der Waals surface area contributed by atoms with Crippen LogP contribution in [0, 0.1) is 12.8 Å². The minimum absolute atomic E-state index is 0.175. The number of pyridine rings is 1. The highest BCUT2D eigenvalue weighted by atomic mass is 16.2. The predicted molar refractivity (Wildman–Crippen MR) is 133 cm³/mol. The van der Waals surface area contributed by atoms with E-state index >= 15 is 0 Å². The summed E-state index contributed by atoms with van der Waals surface area (Å²) in [4.78, 5) is 22.1. The first-order chi connectivity index (χ1) is 16.0. The first-order valence-electron chi connectivity index (χ1n) is 12.2. The molecule has 0 radical (unpaired) electrons. The van der Waals surface area contributed by atoms with Crippen LogP contribution in [0.4, 0.5) is 0 Å². The number of hydrogen-bond donors (Lipinski definition) is 0. The van der Waals surface area contributed by atoms with Crippen molar-refractivity contribution in [3.8, 4) is 0 Å². The van der Waals surface area contributed by atoms with Crippen LogP contribution < -0.4 is 0 Å². The van der Waals surface area contributed by atoms with Crippen LogP contribution in [0.2, 0.25) is 0 Å². The van der Waals surface area contributed by atoms with Crippen LogP contribution in [0.3, 0.4) is 0 Å². The molecule has 0 bridgehead atoms. The molecular formula is C28H34N4O. The van der Waals surface area contributed by atoms with Gasteiger partial charge in [-0.3, -0.25) is 14.7 Å². The monoisotopic (exact) mass is 442 g/mol. The molecule has 3 aromatic rings. The van der Waals surface area contributed by atoms with Crippen LogP contribution in [-0.2, 0) is 26.1 Å². The lowest BCUT2D eigenvalue weighted by Crippen LogP contribution is -2.37. The maximum Gasteiger partial charge on any atom is 0.253 e. The molecule has 0 spiro atoms. The average Bonchev–Trinajstić information content (AvgIpc) is 3.13. The van der Waals surface area contributed by atoms with Crippen molar-refractivity contribution in [3.05, 3.63) is 77.3 Å². The number of aryl methyl sites for hydroxylation is 1. The van der Waals surface area contributed by atoms with Crippen molar-refractivity contribution in [2.45, 2.75) is 52.7 Å². The van der Waals surface area contributed by atoms with Gasteiger partial charge in [-0.05, 0) is 66.6 Å². The molecule has 33 heavy (non-hydrogen) atoms. The van der Waals surface area contributed by atoms with Gasteiger partial charge in [0.15, 0.2) is 0 Å². The van der Waals surface area contributed by atoms with Crippen molar-refractivity contribution in [1.29, 1.82) is 0 Å². The normalized spacial score (nSPS) is 17.3. The Morgan fingerprint density at radius 1 is 1.21 bits per heavy atom. The fourth-order valence-corrected chi connectivity index (χ4v) is 5.43. The molecule has 2 aromatic heterocycles. The molecule has 2 aliphatic heterocycles. The zero-order valence-electron chi connectivity index (χ0n) is 19.9. The van der Waals surface area contributed by atoms with E-state index in [9.17, 15) is 4.79 Å². The second-order valence-corrected chi connectivity index (χ2v) is 9.79. The van der Waals surface area contributed by atoms with Gasteiger partial charge in [-0.2, -0.15) is 0 Å². The predicted octanol–water partition coefficient (Wildman–Crippen LogP) is 4.96. The van der Waals surface area contributed by atoms with Crippen LogP contribution >= 0.6 is 0 Å². The molecule has 0 atom stereocenters. The number of piperidine rings is 1.